The first-order chi connectivity index (χ1) is 12.1. The van der Waals surface area contributed by atoms with E-state index < -0.39 is 0 Å². The Bertz CT molecular complexity index is 700. The SMILES string of the molecule is CCNC(=NCc1cccc(C)n1)NCC(C)Oc1cccc(C)c1. The van der Waals surface area contributed by atoms with Gasteiger partial charge in [0.1, 0.15) is 11.9 Å². The third kappa shape index (κ3) is 6.83. The third-order valence-corrected chi connectivity index (χ3v) is 3.57. The summed E-state index contributed by atoms with van der Waals surface area (Å²) in [6.45, 7) is 10.2. The third-order valence-electron chi connectivity index (χ3n) is 3.57. The molecule has 0 spiro atoms. The smallest absolute Gasteiger partial charge is 0.191 e. The van der Waals surface area contributed by atoms with Crippen molar-refractivity contribution in [2.45, 2.75) is 40.3 Å². The van der Waals surface area contributed by atoms with Crippen molar-refractivity contribution in [3.8, 4) is 5.75 Å². The van der Waals surface area contributed by atoms with Gasteiger partial charge in [-0.05, 0) is 57.5 Å². The van der Waals surface area contributed by atoms with Crippen LogP contribution < -0.4 is 15.4 Å². The van der Waals surface area contributed by atoms with E-state index in [0.29, 0.717) is 13.1 Å². The maximum absolute atomic E-state index is 5.94. The van der Waals surface area contributed by atoms with E-state index in [-0.39, 0.29) is 6.10 Å². The number of nitrogens with one attached hydrogen (secondary N) is 2. The molecule has 5 nitrogen and oxygen atoms in total. The van der Waals surface area contributed by atoms with Crippen LogP contribution in [0, 0.1) is 13.8 Å². The van der Waals surface area contributed by atoms with Crippen LogP contribution in [0.5, 0.6) is 5.75 Å². The number of nitrogens with zero attached hydrogens (tertiary/aromatic N) is 2. The van der Waals surface area contributed by atoms with Crippen molar-refractivity contribution in [1.29, 1.82) is 0 Å². The van der Waals surface area contributed by atoms with Crippen LogP contribution in [-0.2, 0) is 6.54 Å². The first-order valence-corrected chi connectivity index (χ1v) is 8.75. The van der Waals surface area contributed by atoms with Gasteiger partial charge in [-0.3, -0.25) is 4.98 Å². The second kappa shape index (κ2) is 9.67. The number of guanidine groups is 1. The molecule has 0 amide bonds. The van der Waals surface area contributed by atoms with Gasteiger partial charge in [0.15, 0.2) is 5.96 Å². The zero-order valence-electron chi connectivity index (χ0n) is 15.5. The second-order valence-corrected chi connectivity index (χ2v) is 6.09. The van der Waals surface area contributed by atoms with Gasteiger partial charge in [0.05, 0.1) is 18.8 Å². The molecule has 2 N–H and O–H groups in total. The largest absolute Gasteiger partial charge is 0.489 e. The van der Waals surface area contributed by atoms with Gasteiger partial charge in [-0.15, -0.1) is 0 Å². The van der Waals surface area contributed by atoms with Gasteiger partial charge in [0.2, 0.25) is 0 Å². The Morgan fingerprint density at radius 2 is 1.96 bits per heavy atom. The number of aromatic nitrogens is 1. The van der Waals surface area contributed by atoms with Gasteiger partial charge in [0, 0.05) is 12.2 Å². The van der Waals surface area contributed by atoms with Crippen molar-refractivity contribution in [3.63, 3.8) is 0 Å². The molecule has 1 aromatic heterocycles. The lowest BCUT2D eigenvalue weighted by molar-refractivity contribution is 0.223. The fourth-order valence-electron chi connectivity index (χ4n) is 2.39. The predicted molar refractivity (Wildman–Crippen MR) is 103 cm³/mol. The number of pyridine rings is 1. The lowest BCUT2D eigenvalue weighted by Crippen LogP contribution is -2.41. The van der Waals surface area contributed by atoms with Crippen molar-refractivity contribution in [1.82, 2.24) is 15.6 Å². The summed E-state index contributed by atoms with van der Waals surface area (Å²) in [5.41, 5.74) is 3.16. The molecule has 0 aliphatic carbocycles. The van der Waals surface area contributed by atoms with Crippen LogP contribution in [0.2, 0.25) is 0 Å². The highest BCUT2D eigenvalue weighted by atomic mass is 16.5. The van der Waals surface area contributed by atoms with E-state index in [1.807, 2.05) is 50.2 Å². The van der Waals surface area contributed by atoms with Gasteiger partial charge < -0.3 is 15.4 Å². The maximum atomic E-state index is 5.94. The molecule has 1 heterocycles. The Morgan fingerprint density at radius 3 is 2.68 bits per heavy atom. The minimum absolute atomic E-state index is 0.0303. The van der Waals surface area contributed by atoms with Gasteiger partial charge in [-0.2, -0.15) is 0 Å². The average Bonchev–Trinajstić information content (AvgIpc) is 2.57. The maximum Gasteiger partial charge on any atom is 0.191 e. The van der Waals surface area contributed by atoms with E-state index in [0.717, 1.165) is 29.6 Å². The molecule has 0 radical (unpaired) electrons. The standard InChI is InChI=1S/C20H28N4O/c1-5-21-20(23-14-18-10-7-9-16(3)24-18)22-13-17(4)25-19-11-6-8-15(2)12-19/h6-12,17H,5,13-14H2,1-4H3,(H2,21,22,23). The summed E-state index contributed by atoms with van der Waals surface area (Å²) in [6.07, 6.45) is 0.0303. The molecule has 134 valence electrons. The van der Waals surface area contributed by atoms with E-state index in [1.165, 1.54) is 5.56 Å². The number of benzene rings is 1. The Morgan fingerprint density at radius 1 is 1.16 bits per heavy atom. The molecule has 0 aliphatic heterocycles. The molecule has 2 rings (SSSR count). The fraction of sp³-hybridized carbons (Fsp3) is 0.400. The van der Waals surface area contributed by atoms with Gasteiger partial charge >= 0.3 is 0 Å². The van der Waals surface area contributed by atoms with Crippen LogP contribution in [0.4, 0.5) is 0 Å². The molecular formula is C20H28N4O. The number of aryl methyl sites for hydroxylation is 2. The first kappa shape index (κ1) is 18.8. The zero-order chi connectivity index (χ0) is 18.1. The highest BCUT2D eigenvalue weighted by Gasteiger charge is 2.06. The monoisotopic (exact) mass is 340 g/mol. The summed E-state index contributed by atoms with van der Waals surface area (Å²) in [5, 5.41) is 6.58. The Hall–Kier alpha value is -2.56. The summed E-state index contributed by atoms with van der Waals surface area (Å²) in [6, 6.07) is 14.1. The van der Waals surface area contributed by atoms with Gasteiger partial charge in [0.25, 0.3) is 0 Å². The molecule has 1 unspecified atom stereocenters. The highest BCUT2D eigenvalue weighted by molar-refractivity contribution is 5.79. The van der Waals surface area contributed by atoms with Crippen LogP contribution in [0.1, 0.15) is 30.8 Å². The molecular weight excluding hydrogens is 312 g/mol. The summed E-state index contributed by atoms with van der Waals surface area (Å²) in [7, 11) is 0. The van der Waals surface area contributed by atoms with E-state index in [4.69, 9.17) is 4.74 Å². The number of hydrogen-bond acceptors (Lipinski definition) is 3. The molecule has 0 fully saturated rings. The van der Waals surface area contributed by atoms with Crippen molar-refractivity contribution >= 4 is 5.96 Å². The summed E-state index contributed by atoms with van der Waals surface area (Å²) in [5.74, 6) is 1.66. The normalized spacial score (nSPS) is 12.6. The van der Waals surface area contributed by atoms with E-state index >= 15 is 0 Å². The Kier molecular flexibility index (Phi) is 7.26. The molecule has 2 aromatic rings. The first-order valence-electron chi connectivity index (χ1n) is 8.75. The predicted octanol–water partition coefficient (Wildman–Crippen LogP) is 3.22. The van der Waals surface area contributed by atoms with Crippen LogP contribution >= 0.6 is 0 Å². The second-order valence-electron chi connectivity index (χ2n) is 6.09. The minimum atomic E-state index is 0.0303. The molecule has 1 atom stereocenters. The number of hydrogen-bond donors (Lipinski definition) is 2. The molecule has 0 bridgehead atoms. The Balaban J connectivity index is 1.88. The van der Waals surface area contributed by atoms with Crippen LogP contribution in [0.25, 0.3) is 0 Å². The number of ether oxygens (including phenoxy) is 1. The Labute approximate surface area is 150 Å². The molecule has 5 heteroatoms. The minimum Gasteiger partial charge on any atom is -0.489 e. The van der Waals surface area contributed by atoms with Crippen molar-refractivity contribution in [2.24, 2.45) is 4.99 Å². The molecule has 1 aromatic carbocycles. The van der Waals surface area contributed by atoms with Gasteiger partial charge in [-0.25, -0.2) is 4.99 Å². The van der Waals surface area contributed by atoms with Crippen molar-refractivity contribution in [3.05, 3.63) is 59.4 Å². The lowest BCUT2D eigenvalue weighted by Gasteiger charge is -2.18. The summed E-state index contributed by atoms with van der Waals surface area (Å²) in [4.78, 5) is 9.07. The van der Waals surface area contributed by atoms with Crippen LogP contribution in [0.3, 0.4) is 0 Å². The fourth-order valence-corrected chi connectivity index (χ4v) is 2.39. The topological polar surface area (TPSA) is 58.5 Å². The number of aliphatic imine (C=N–C) groups is 1. The summed E-state index contributed by atoms with van der Waals surface area (Å²) >= 11 is 0. The van der Waals surface area contributed by atoms with Crippen molar-refractivity contribution in [2.75, 3.05) is 13.1 Å². The van der Waals surface area contributed by atoms with Crippen LogP contribution in [-0.4, -0.2) is 30.1 Å². The molecule has 0 saturated heterocycles. The molecule has 0 aliphatic rings. The van der Waals surface area contributed by atoms with Crippen LogP contribution in [0.15, 0.2) is 47.5 Å². The van der Waals surface area contributed by atoms with E-state index in [9.17, 15) is 0 Å². The summed E-state index contributed by atoms with van der Waals surface area (Å²) < 4.78 is 5.94. The van der Waals surface area contributed by atoms with Gasteiger partial charge in [-0.1, -0.05) is 18.2 Å². The van der Waals surface area contributed by atoms with Crippen molar-refractivity contribution < 1.29 is 4.74 Å². The van der Waals surface area contributed by atoms with E-state index in [1.54, 1.807) is 0 Å². The zero-order valence-corrected chi connectivity index (χ0v) is 15.5. The lowest BCUT2D eigenvalue weighted by atomic mass is 10.2. The average molecular weight is 340 g/mol. The quantitative estimate of drug-likeness (QED) is 0.600. The molecule has 25 heavy (non-hydrogen) atoms. The number of rotatable bonds is 7. The highest BCUT2D eigenvalue weighted by Crippen LogP contribution is 2.13. The van der Waals surface area contributed by atoms with E-state index in [2.05, 4.69) is 40.5 Å². The molecule has 0 saturated carbocycles.